The average Bonchev–Trinajstić information content (AvgIpc) is 2.52. The predicted octanol–water partition coefficient (Wildman–Crippen LogP) is 4.18. The van der Waals surface area contributed by atoms with Crippen molar-refractivity contribution in [2.45, 2.75) is 0 Å². The molecule has 0 spiro atoms. The Bertz CT molecular complexity index is 726. The first-order chi connectivity index (χ1) is 9.83. The molecule has 0 atom stereocenters. The van der Waals surface area contributed by atoms with Gasteiger partial charge in [-0.2, -0.15) is 10.5 Å². The molecule has 0 bridgehead atoms. The lowest BCUT2D eigenvalue weighted by Crippen LogP contribution is -1.82. The summed E-state index contributed by atoms with van der Waals surface area (Å²) in [5, 5.41) is 18.1. The van der Waals surface area contributed by atoms with Crippen LogP contribution in [0.25, 0.3) is 11.6 Å². The van der Waals surface area contributed by atoms with Crippen molar-refractivity contribution >= 4 is 11.6 Å². The second-order valence-electron chi connectivity index (χ2n) is 4.15. The van der Waals surface area contributed by atoms with Crippen LogP contribution in [0, 0.1) is 22.7 Å². The number of allylic oxidation sites excluding steroid dienone is 3. The maximum absolute atomic E-state index is 9.21. The number of benzene rings is 2. The van der Waals surface area contributed by atoms with Crippen LogP contribution in [0.15, 0.2) is 66.7 Å². The summed E-state index contributed by atoms with van der Waals surface area (Å²) in [6, 6.07) is 21.1. The third-order valence-corrected chi connectivity index (χ3v) is 2.77. The van der Waals surface area contributed by atoms with Crippen LogP contribution in [0.2, 0.25) is 0 Å². The molecule has 0 saturated carbocycles. The van der Waals surface area contributed by atoms with Crippen LogP contribution < -0.4 is 0 Å². The topological polar surface area (TPSA) is 47.6 Å². The molecule has 0 N–H and O–H groups in total. The van der Waals surface area contributed by atoms with E-state index in [2.05, 4.69) is 12.1 Å². The summed E-state index contributed by atoms with van der Waals surface area (Å²) in [5.41, 5.74) is 2.92. The van der Waals surface area contributed by atoms with E-state index in [1.54, 1.807) is 24.3 Å². The normalized spacial score (nSPS) is 11.0. The highest BCUT2D eigenvalue weighted by molar-refractivity contribution is 5.79. The largest absolute Gasteiger partial charge is 0.192 e. The van der Waals surface area contributed by atoms with Crippen molar-refractivity contribution in [2.75, 3.05) is 0 Å². The van der Waals surface area contributed by atoms with E-state index in [1.807, 2.05) is 48.6 Å². The minimum Gasteiger partial charge on any atom is -0.192 e. The number of hydrogen-bond donors (Lipinski definition) is 0. The molecule has 0 aliphatic carbocycles. The summed E-state index contributed by atoms with van der Waals surface area (Å²) >= 11 is 0. The number of nitrogens with zero attached hydrogens (tertiary/aromatic N) is 2. The van der Waals surface area contributed by atoms with Crippen molar-refractivity contribution in [3.63, 3.8) is 0 Å². The van der Waals surface area contributed by atoms with Crippen LogP contribution in [0.5, 0.6) is 0 Å². The summed E-state index contributed by atoms with van der Waals surface area (Å²) in [4.78, 5) is 0. The van der Waals surface area contributed by atoms with Gasteiger partial charge in [-0.3, -0.25) is 0 Å². The lowest BCUT2D eigenvalue weighted by molar-refractivity contribution is 1.47. The Balaban J connectivity index is 2.24. The van der Waals surface area contributed by atoms with Gasteiger partial charge >= 0.3 is 0 Å². The van der Waals surface area contributed by atoms with Crippen molar-refractivity contribution < 1.29 is 0 Å². The molecule has 0 saturated heterocycles. The molecule has 0 radical (unpaired) electrons. The number of hydrogen-bond acceptors (Lipinski definition) is 2. The molecule has 2 heteroatoms. The van der Waals surface area contributed by atoms with Crippen molar-refractivity contribution in [1.29, 1.82) is 10.5 Å². The number of nitriles is 2. The maximum atomic E-state index is 9.21. The standard InChI is InChI=1S/C18H12N2/c19-13-16-9-5-10-17(12-16)18(14-20)11-4-8-15-6-2-1-3-7-15/h1-12H/b8-4+,18-11-. The SMILES string of the molecule is N#C/C(=C/C=C/c1ccccc1)c1cccc(C#N)c1. The fraction of sp³-hybridized carbons (Fsp3) is 0. The van der Waals surface area contributed by atoms with Crippen LogP contribution in [-0.4, -0.2) is 0 Å². The Morgan fingerprint density at radius 3 is 2.45 bits per heavy atom. The Morgan fingerprint density at radius 2 is 1.75 bits per heavy atom. The van der Waals surface area contributed by atoms with Gasteiger partial charge < -0.3 is 0 Å². The highest BCUT2D eigenvalue weighted by Gasteiger charge is 2.00. The third-order valence-electron chi connectivity index (χ3n) is 2.77. The van der Waals surface area contributed by atoms with Gasteiger partial charge in [-0.15, -0.1) is 0 Å². The highest BCUT2D eigenvalue weighted by atomic mass is 14.3. The van der Waals surface area contributed by atoms with E-state index in [4.69, 9.17) is 5.26 Å². The van der Waals surface area contributed by atoms with Crippen LogP contribution in [0.1, 0.15) is 16.7 Å². The Labute approximate surface area is 118 Å². The zero-order chi connectivity index (χ0) is 14.2. The maximum Gasteiger partial charge on any atom is 0.0997 e. The number of rotatable bonds is 3. The first-order valence-electron chi connectivity index (χ1n) is 6.17. The fourth-order valence-corrected chi connectivity index (χ4v) is 1.77. The molecule has 94 valence electrons. The molecule has 0 aromatic heterocycles. The quantitative estimate of drug-likeness (QED) is 0.611. The van der Waals surface area contributed by atoms with Gasteiger partial charge in [0.2, 0.25) is 0 Å². The average molecular weight is 256 g/mol. The van der Waals surface area contributed by atoms with Crippen molar-refractivity contribution in [2.24, 2.45) is 0 Å². The summed E-state index contributed by atoms with van der Waals surface area (Å²) in [7, 11) is 0. The Kier molecular flexibility index (Phi) is 4.49. The molecule has 0 heterocycles. The van der Waals surface area contributed by atoms with E-state index in [1.165, 1.54) is 0 Å². The molecule has 0 unspecified atom stereocenters. The van der Waals surface area contributed by atoms with Crippen LogP contribution >= 0.6 is 0 Å². The van der Waals surface area contributed by atoms with Crippen LogP contribution in [-0.2, 0) is 0 Å². The van der Waals surface area contributed by atoms with Gasteiger partial charge in [-0.1, -0.05) is 54.6 Å². The first-order valence-corrected chi connectivity index (χ1v) is 6.17. The minimum absolute atomic E-state index is 0.536. The summed E-state index contributed by atoms with van der Waals surface area (Å²) < 4.78 is 0. The Morgan fingerprint density at radius 1 is 0.950 bits per heavy atom. The second kappa shape index (κ2) is 6.73. The molecule has 0 amide bonds. The molecule has 0 fully saturated rings. The molecule has 2 nitrogen and oxygen atoms in total. The van der Waals surface area contributed by atoms with Gasteiger partial charge in [0.25, 0.3) is 0 Å². The first kappa shape index (κ1) is 13.3. The summed E-state index contributed by atoms with van der Waals surface area (Å²) in [6.45, 7) is 0. The van der Waals surface area contributed by atoms with Gasteiger partial charge in [0.1, 0.15) is 0 Å². The fourth-order valence-electron chi connectivity index (χ4n) is 1.77. The van der Waals surface area contributed by atoms with E-state index in [-0.39, 0.29) is 0 Å². The molecule has 2 aromatic carbocycles. The Hall–Kier alpha value is -3.10. The zero-order valence-electron chi connectivity index (χ0n) is 10.8. The van der Waals surface area contributed by atoms with E-state index in [9.17, 15) is 5.26 Å². The van der Waals surface area contributed by atoms with Crippen molar-refractivity contribution in [1.82, 2.24) is 0 Å². The van der Waals surface area contributed by atoms with E-state index in [0.29, 0.717) is 11.1 Å². The predicted molar refractivity (Wildman–Crippen MR) is 80.2 cm³/mol. The summed E-state index contributed by atoms with van der Waals surface area (Å²) in [6.07, 6.45) is 5.53. The van der Waals surface area contributed by atoms with Gasteiger partial charge in [0, 0.05) is 0 Å². The molecule has 2 aromatic rings. The molecule has 20 heavy (non-hydrogen) atoms. The lowest BCUT2D eigenvalue weighted by atomic mass is 10.0. The van der Waals surface area contributed by atoms with Gasteiger partial charge in [-0.05, 0) is 29.3 Å². The third kappa shape index (κ3) is 3.45. The highest BCUT2D eigenvalue weighted by Crippen LogP contribution is 2.15. The monoisotopic (exact) mass is 256 g/mol. The lowest BCUT2D eigenvalue weighted by Gasteiger charge is -1.98. The molecule has 0 aliphatic rings. The van der Waals surface area contributed by atoms with Crippen LogP contribution in [0.4, 0.5) is 0 Å². The van der Waals surface area contributed by atoms with Gasteiger partial charge in [-0.25, -0.2) is 0 Å². The van der Waals surface area contributed by atoms with Gasteiger partial charge in [0.15, 0.2) is 0 Å². The molecule has 2 rings (SSSR count). The minimum atomic E-state index is 0.536. The molecular formula is C18H12N2. The second-order valence-corrected chi connectivity index (χ2v) is 4.15. The summed E-state index contributed by atoms with van der Waals surface area (Å²) in [5.74, 6) is 0. The van der Waals surface area contributed by atoms with Crippen LogP contribution in [0.3, 0.4) is 0 Å². The zero-order valence-corrected chi connectivity index (χ0v) is 10.8. The van der Waals surface area contributed by atoms with Crippen molar-refractivity contribution in [3.05, 3.63) is 83.4 Å². The smallest absolute Gasteiger partial charge is 0.0997 e. The molecular weight excluding hydrogens is 244 g/mol. The van der Waals surface area contributed by atoms with E-state index < -0.39 is 0 Å². The molecule has 0 aliphatic heterocycles. The van der Waals surface area contributed by atoms with E-state index in [0.717, 1.165) is 11.1 Å². The van der Waals surface area contributed by atoms with Crippen molar-refractivity contribution in [3.8, 4) is 12.1 Å². The van der Waals surface area contributed by atoms with Gasteiger partial charge in [0.05, 0.1) is 23.3 Å². The van der Waals surface area contributed by atoms with E-state index >= 15 is 0 Å².